The van der Waals surface area contributed by atoms with E-state index >= 15 is 0 Å². The van der Waals surface area contributed by atoms with Crippen LogP contribution in [0.1, 0.15) is 34.7 Å². The number of aryl methyl sites for hydroxylation is 1. The number of piperidine rings is 1. The lowest BCUT2D eigenvalue weighted by atomic mass is 10.0. The maximum absolute atomic E-state index is 13.7. The van der Waals surface area contributed by atoms with Crippen LogP contribution < -0.4 is 5.32 Å². The summed E-state index contributed by atoms with van der Waals surface area (Å²) in [5.74, 6) is 0.771. The Balaban J connectivity index is 1.49. The Labute approximate surface area is 135 Å². The van der Waals surface area contributed by atoms with Crippen LogP contribution in [-0.2, 0) is 6.54 Å². The van der Waals surface area contributed by atoms with E-state index in [4.69, 9.17) is 4.42 Å². The van der Waals surface area contributed by atoms with Crippen LogP contribution in [-0.4, -0.2) is 29.9 Å². The van der Waals surface area contributed by atoms with Gasteiger partial charge >= 0.3 is 0 Å². The summed E-state index contributed by atoms with van der Waals surface area (Å²) in [5.41, 5.74) is 0.723. The number of furan rings is 1. The number of hydrogen-bond acceptors (Lipinski definition) is 3. The quantitative estimate of drug-likeness (QED) is 0.942. The summed E-state index contributed by atoms with van der Waals surface area (Å²) >= 11 is 0. The molecule has 0 bridgehead atoms. The van der Waals surface area contributed by atoms with Gasteiger partial charge in [-0.3, -0.25) is 9.69 Å². The molecule has 4 nitrogen and oxygen atoms in total. The van der Waals surface area contributed by atoms with Crippen molar-refractivity contribution in [1.29, 1.82) is 0 Å². The number of nitrogens with zero attached hydrogens (tertiary/aromatic N) is 1. The van der Waals surface area contributed by atoms with Crippen LogP contribution in [0.3, 0.4) is 0 Å². The van der Waals surface area contributed by atoms with Crippen molar-refractivity contribution in [1.82, 2.24) is 10.2 Å². The predicted molar refractivity (Wildman–Crippen MR) is 85.6 cm³/mol. The molecular weight excluding hydrogens is 295 g/mol. The fraction of sp³-hybridized carbons (Fsp3) is 0.389. The first-order valence-electron chi connectivity index (χ1n) is 7.95. The molecule has 0 radical (unpaired) electrons. The fourth-order valence-corrected chi connectivity index (χ4v) is 2.92. The molecule has 0 unspecified atom stereocenters. The van der Waals surface area contributed by atoms with Crippen LogP contribution >= 0.6 is 0 Å². The number of hydrogen-bond donors (Lipinski definition) is 1. The smallest absolute Gasteiger partial charge is 0.287 e. The van der Waals surface area contributed by atoms with E-state index in [0.717, 1.165) is 37.3 Å². The molecule has 0 spiro atoms. The van der Waals surface area contributed by atoms with E-state index in [1.165, 1.54) is 6.07 Å². The van der Waals surface area contributed by atoms with Gasteiger partial charge in [0.25, 0.3) is 5.91 Å². The lowest BCUT2D eigenvalue weighted by Gasteiger charge is -2.32. The van der Waals surface area contributed by atoms with Crippen LogP contribution in [0.4, 0.5) is 4.39 Å². The van der Waals surface area contributed by atoms with Crippen molar-refractivity contribution < 1.29 is 13.6 Å². The largest absolute Gasteiger partial charge is 0.456 e. The molecule has 2 heterocycles. The van der Waals surface area contributed by atoms with Gasteiger partial charge in [-0.1, -0.05) is 18.2 Å². The van der Waals surface area contributed by atoms with Gasteiger partial charge in [-0.05, 0) is 38.0 Å². The zero-order valence-corrected chi connectivity index (χ0v) is 13.2. The Morgan fingerprint density at radius 3 is 2.65 bits per heavy atom. The van der Waals surface area contributed by atoms with Crippen molar-refractivity contribution in [3.05, 3.63) is 59.3 Å². The fourth-order valence-electron chi connectivity index (χ4n) is 2.92. The minimum atomic E-state index is -0.161. The Kier molecular flexibility index (Phi) is 4.76. The van der Waals surface area contributed by atoms with Crippen LogP contribution in [0.5, 0.6) is 0 Å². The molecule has 1 aromatic carbocycles. The van der Waals surface area contributed by atoms with Crippen molar-refractivity contribution in [3.8, 4) is 0 Å². The second-order valence-corrected chi connectivity index (χ2v) is 6.03. The van der Waals surface area contributed by atoms with E-state index in [0.29, 0.717) is 12.3 Å². The van der Waals surface area contributed by atoms with E-state index in [1.54, 1.807) is 18.2 Å². The third-order valence-corrected chi connectivity index (χ3v) is 4.24. The van der Waals surface area contributed by atoms with E-state index in [9.17, 15) is 9.18 Å². The second kappa shape index (κ2) is 6.96. The van der Waals surface area contributed by atoms with Crippen LogP contribution in [0, 0.1) is 12.7 Å². The van der Waals surface area contributed by atoms with E-state index in [1.807, 2.05) is 19.1 Å². The highest BCUT2D eigenvalue weighted by Gasteiger charge is 2.22. The highest BCUT2D eigenvalue weighted by Crippen LogP contribution is 2.16. The third kappa shape index (κ3) is 3.99. The molecule has 0 atom stereocenters. The number of nitrogens with one attached hydrogen (secondary N) is 1. The van der Waals surface area contributed by atoms with Crippen LogP contribution in [0.2, 0.25) is 0 Å². The zero-order valence-electron chi connectivity index (χ0n) is 13.2. The Bertz CT molecular complexity index is 675. The molecule has 1 N–H and O–H groups in total. The standard InChI is InChI=1S/C18H21FN2O2/c1-13-6-7-17(23-13)18(22)20-15-8-10-21(11-9-15)12-14-4-2-3-5-16(14)19/h2-7,15H,8-12H2,1H3,(H,20,22). The summed E-state index contributed by atoms with van der Waals surface area (Å²) in [5, 5.41) is 3.01. The van der Waals surface area contributed by atoms with Crippen molar-refractivity contribution >= 4 is 5.91 Å². The molecule has 1 aliphatic heterocycles. The Morgan fingerprint density at radius 1 is 1.26 bits per heavy atom. The summed E-state index contributed by atoms with van der Waals surface area (Å²) in [7, 11) is 0. The number of carbonyl (C=O) groups excluding carboxylic acids is 1. The van der Waals surface area contributed by atoms with Gasteiger partial charge in [0.05, 0.1) is 0 Å². The maximum Gasteiger partial charge on any atom is 0.287 e. The molecule has 5 heteroatoms. The van der Waals surface area contributed by atoms with Gasteiger partial charge in [-0.2, -0.15) is 0 Å². The first-order chi connectivity index (χ1) is 11.1. The van der Waals surface area contributed by atoms with Crippen molar-refractivity contribution in [2.75, 3.05) is 13.1 Å². The molecule has 23 heavy (non-hydrogen) atoms. The number of amides is 1. The Morgan fingerprint density at radius 2 is 2.00 bits per heavy atom. The molecular formula is C18H21FN2O2. The predicted octanol–water partition coefficient (Wildman–Crippen LogP) is 3.12. The number of benzene rings is 1. The van der Waals surface area contributed by atoms with E-state index < -0.39 is 0 Å². The number of halogens is 1. The van der Waals surface area contributed by atoms with Gasteiger partial charge in [-0.25, -0.2) is 4.39 Å². The van der Waals surface area contributed by atoms with Crippen molar-refractivity contribution in [2.24, 2.45) is 0 Å². The highest BCUT2D eigenvalue weighted by molar-refractivity contribution is 5.91. The number of carbonyl (C=O) groups is 1. The summed E-state index contributed by atoms with van der Waals surface area (Å²) in [6, 6.07) is 10.5. The molecule has 122 valence electrons. The first-order valence-corrected chi connectivity index (χ1v) is 7.95. The average molecular weight is 316 g/mol. The van der Waals surface area contributed by atoms with Gasteiger partial charge in [0.15, 0.2) is 5.76 Å². The van der Waals surface area contributed by atoms with E-state index in [2.05, 4.69) is 10.2 Å². The number of rotatable bonds is 4. The molecule has 3 rings (SSSR count). The topological polar surface area (TPSA) is 45.5 Å². The lowest BCUT2D eigenvalue weighted by molar-refractivity contribution is 0.0879. The highest BCUT2D eigenvalue weighted by atomic mass is 19.1. The lowest BCUT2D eigenvalue weighted by Crippen LogP contribution is -2.44. The van der Waals surface area contributed by atoms with Gasteiger partial charge in [-0.15, -0.1) is 0 Å². The summed E-state index contributed by atoms with van der Waals surface area (Å²) in [4.78, 5) is 14.3. The molecule has 0 saturated carbocycles. The molecule has 1 aromatic heterocycles. The first kappa shape index (κ1) is 15.7. The maximum atomic E-state index is 13.7. The molecule has 1 amide bonds. The van der Waals surface area contributed by atoms with Gasteiger partial charge in [0.1, 0.15) is 11.6 Å². The van der Waals surface area contributed by atoms with Crippen molar-refractivity contribution in [2.45, 2.75) is 32.4 Å². The Hall–Kier alpha value is -2.14. The molecule has 2 aromatic rings. The molecule has 1 aliphatic rings. The average Bonchev–Trinajstić information content (AvgIpc) is 2.98. The van der Waals surface area contributed by atoms with Crippen LogP contribution in [0.15, 0.2) is 40.8 Å². The zero-order chi connectivity index (χ0) is 16.2. The normalized spacial score (nSPS) is 16.4. The SMILES string of the molecule is Cc1ccc(C(=O)NC2CCN(Cc3ccccc3F)CC2)o1. The molecule has 1 fully saturated rings. The van der Waals surface area contributed by atoms with E-state index in [-0.39, 0.29) is 17.8 Å². The van der Waals surface area contributed by atoms with Gasteiger partial charge in [0.2, 0.25) is 0 Å². The molecule has 1 saturated heterocycles. The minimum Gasteiger partial charge on any atom is -0.456 e. The molecule has 0 aliphatic carbocycles. The second-order valence-electron chi connectivity index (χ2n) is 6.03. The monoisotopic (exact) mass is 316 g/mol. The van der Waals surface area contributed by atoms with Gasteiger partial charge in [0, 0.05) is 31.2 Å². The van der Waals surface area contributed by atoms with Gasteiger partial charge < -0.3 is 9.73 Å². The summed E-state index contributed by atoms with van der Waals surface area (Å²) < 4.78 is 19.0. The van der Waals surface area contributed by atoms with Crippen molar-refractivity contribution in [3.63, 3.8) is 0 Å². The summed E-state index contributed by atoms with van der Waals surface area (Å²) in [6.07, 6.45) is 1.72. The summed E-state index contributed by atoms with van der Waals surface area (Å²) in [6.45, 7) is 4.12. The third-order valence-electron chi connectivity index (χ3n) is 4.24. The minimum absolute atomic E-state index is 0.143. The number of likely N-dealkylation sites (tertiary alicyclic amines) is 1. The van der Waals surface area contributed by atoms with Crippen LogP contribution in [0.25, 0.3) is 0 Å².